The van der Waals surface area contributed by atoms with Crippen LogP contribution in [0.15, 0.2) is 0 Å². The van der Waals surface area contributed by atoms with Crippen molar-refractivity contribution in [1.29, 1.82) is 0 Å². The van der Waals surface area contributed by atoms with Gasteiger partial charge < -0.3 is 5.11 Å². The van der Waals surface area contributed by atoms with Gasteiger partial charge in [0.1, 0.15) is 0 Å². The Bertz CT molecular complexity index is 71.3. The highest BCUT2D eigenvalue weighted by atomic mass is 16.7. The van der Waals surface area contributed by atoms with Gasteiger partial charge in [-0.1, -0.05) is 5.48 Å². The minimum atomic E-state index is -0.0949. The molecule has 0 aromatic carbocycles. The van der Waals surface area contributed by atoms with E-state index in [-0.39, 0.29) is 6.02 Å². The third-order valence-electron chi connectivity index (χ3n) is 0.436. The summed E-state index contributed by atoms with van der Waals surface area (Å²) in [5.41, 5.74) is 2.16. The smallest absolute Gasteiger partial charge is 0.445 e. The van der Waals surface area contributed by atoms with E-state index < -0.39 is 0 Å². The number of hydrogen-bond acceptors (Lipinski definition) is 1. The molecule has 0 aliphatic carbocycles. The lowest BCUT2D eigenvalue weighted by molar-refractivity contribution is -0.436. The van der Waals surface area contributed by atoms with Gasteiger partial charge in [0.25, 0.3) is 0 Å². The second kappa shape index (κ2) is 3.42. The van der Waals surface area contributed by atoms with Crippen LogP contribution in [0.25, 0.3) is 0 Å². The van der Waals surface area contributed by atoms with Gasteiger partial charge in [-0.25, -0.2) is 4.99 Å². The van der Waals surface area contributed by atoms with Crippen molar-refractivity contribution in [3.05, 3.63) is 0 Å². The maximum Gasteiger partial charge on any atom is 0.470 e. The molecule has 0 aromatic heterocycles. The summed E-state index contributed by atoms with van der Waals surface area (Å²) in [6, 6.07) is -0.0949. The molecule has 0 unspecified atom stereocenters. The Morgan fingerprint density at radius 3 is 2.57 bits per heavy atom. The zero-order valence-electron chi connectivity index (χ0n) is 4.36. The molecule has 0 aliphatic heterocycles. The largest absolute Gasteiger partial charge is 0.470 e. The van der Waals surface area contributed by atoms with Gasteiger partial charge in [0, 0.05) is 0 Å². The standard InChI is InChI=1S/C3H8N2O2/c1-4-3(6)5-7-2/h1-2H3,(H2,4,5,6)/p+1. The number of amidine groups is 1. The lowest BCUT2D eigenvalue weighted by Gasteiger charge is -1.85. The molecule has 7 heavy (non-hydrogen) atoms. The van der Waals surface area contributed by atoms with Gasteiger partial charge in [-0.3, -0.25) is 0 Å². The van der Waals surface area contributed by atoms with Crippen LogP contribution in [-0.4, -0.2) is 25.3 Å². The fourth-order valence-electron chi connectivity index (χ4n) is 0.148. The number of hydroxylamine groups is 1. The molecule has 4 nitrogen and oxygen atoms in total. The van der Waals surface area contributed by atoms with Gasteiger partial charge in [-0.05, 0) is 0 Å². The second-order valence-electron chi connectivity index (χ2n) is 0.905. The van der Waals surface area contributed by atoms with Crippen LogP contribution in [0.3, 0.4) is 0 Å². The lowest BCUT2D eigenvalue weighted by atomic mass is 11.1. The van der Waals surface area contributed by atoms with Crippen LogP contribution in [0, 0.1) is 0 Å². The summed E-state index contributed by atoms with van der Waals surface area (Å²) in [4.78, 5) is 6.70. The first-order valence-electron chi connectivity index (χ1n) is 1.84. The fourth-order valence-corrected chi connectivity index (χ4v) is 0.148. The van der Waals surface area contributed by atoms with Crippen LogP contribution in [0.5, 0.6) is 0 Å². The summed E-state index contributed by atoms with van der Waals surface area (Å²) in [7, 11) is 2.98. The lowest BCUT2D eigenvalue weighted by Crippen LogP contribution is -2.71. The van der Waals surface area contributed by atoms with E-state index in [1.54, 1.807) is 7.05 Å². The Balaban J connectivity index is 3.17. The molecule has 0 aliphatic rings. The van der Waals surface area contributed by atoms with E-state index in [1.807, 2.05) is 0 Å². The molecule has 0 fully saturated rings. The molecule has 0 saturated carbocycles. The zero-order valence-corrected chi connectivity index (χ0v) is 4.36. The topological polar surface area (TPSA) is 55.5 Å². The van der Waals surface area contributed by atoms with E-state index in [1.165, 1.54) is 7.11 Å². The first-order chi connectivity index (χ1) is 3.31. The van der Waals surface area contributed by atoms with Gasteiger partial charge in [0.15, 0.2) is 0 Å². The number of rotatable bonds is 1. The highest BCUT2D eigenvalue weighted by Crippen LogP contribution is 1.44. The molecule has 4 heteroatoms. The third kappa shape index (κ3) is 3.05. The third-order valence-corrected chi connectivity index (χ3v) is 0.436. The molecule has 3 N–H and O–H groups in total. The normalized spacial score (nSPS) is 11.4. The minimum absolute atomic E-state index is 0.0949. The van der Waals surface area contributed by atoms with Crippen molar-refractivity contribution in [2.24, 2.45) is 0 Å². The Morgan fingerprint density at radius 1 is 1.86 bits per heavy atom. The second-order valence-corrected chi connectivity index (χ2v) is 0.905. The molecule has 0 bridgehead atoms. The zero-order chi connectivity index (χ0) is 5.70. The SMILES string of the molecule is C[NH+]=C(O)NOC. The Hall–Kier alpha value is -0.770. The molecule has 0 aromatic rings. The molecule has 0 amide bonds. The Morgan fingerprint density at radius 2 is 2.43 bits per heavy atom. The monoisotopic (exact) mass is 105 g/mol. The molecular formula is C3H9N2O2+. The van der Waals surface area contributed by atoms with Crippen molar-refractivity contribution in [1.82, 2.24) is 5.48 Å². The molecule has 0 spiro atoms. The molecule has 0 saturated heterocycles. The number of aliphatic hydroxyl groups is 1. The fraction of sp³-hybridized carbons (Fsp3) is 0.667. The van der Waals surface area contributed by atoms with Gasteiger partial charge in [-0.15, -0.1) is 0 Å². The van der Waals surface area contributed by atoms with E-state index in [9.17, 15) is 0 Å². The van der Waals surface area contributed by atoms with Gasteiger partial charge in [-0.2, -0.15) is 4.84 Å². The van der Waals surface area contributed by atoms with Crippen LogP contribution < -0.4 is 10.5 Å². The van der Waals surface area contributed by atoms with Gasteiger partial charge in [0.05, 0.1) is 14.2 Å². The maximum atomic E-state index is 8.43. The van der Waals surface area contributed by atoms with Crippen LogP contribution in [-0.2, 0) is 4.84 Å². The highest BCUT2D eigenvalue weighted by molar-refractivity contribution is 5.62. The van der Waals surface area contributed by atoms with Crippen molar-refractivity contribution < 1.29 is 14.9 Å². The quantitative estimate of drug-likeness (QED) is 0.201. The number of hydrogen-bond donors (Lipinski definition) is 3. The Labute approximate surface area is 41.8 Å². The van der Waals surface area contributed by atoms with E-state index in [0.29, 0.717) is 0 Å². The molecule has 42 valence electrons. The van der Waals surface area contributed by atoms with Gasteiger partial charge in [0.2, 0.25) is 0 Å². The average Bonchev–Trinajstić information content (AvgIpc) is 1.68. The summed E-state index contributed by atoms with van der Waals surface area (Å²) < 4.78 is 0. The average molecular weight is 105 g/mol. The van der Waals surface area contributed by atoms with E-state index in [0.717, 1.165) is 0 Å². The van der Waals surface area contributed by atoms with Gasteiger partial charge >= 0.3 is 6.02 Å². The van der Waals surface area contributed by atoms with Crippen LogP contribution in [0.4, 0.5) is 0 Å². The Kier molecular flexibility index (Phi) is 3.04. The van der Waals surface area contributed by atoms with Crippen LogP contribution >= 0.6 is 0 Å². The number of aliphatic hydroxyl groups excluding tert-OH is 1. The molecule has 0 atom stereocenters. The van der Waals surface area contributed by atoms with E-state index in [2.05, 4.69) is 15.3 Å². The predicted molar refractivity (Wildman–Crippen MR) is 24.7 cm³/mol. The summed E-state index contributed by atoms with van der Waals surface area (Å²) in [6.07, 6.45) is 0. The van der Waals surface area contributed by atoms with E-state index >= 15 is 0 Å². The molecule has 0 radical (unpaired) electrons. The van der Waals surface area contributed by atoms with E-state index in [4.69, 9.17) is 5.11 Å². The van der Waals surface area contributed by atoms with Crippen molar-refractivity contribution in [3.8, 4) is 0 Å². The first kappa shape index (κ1) is 6.23. The number of nitrogens with one attached hydrogen (secondary N) is 2. The highest BCUT2D eigenvalue weighted by Gasteiger charge is 1.92. The minimum Gasteiger partial charge on any atom is -0.445 e. The van der Waals surface area contributed by atoms with Crippen LogP contribution in [0.1, 0.15) is 0 Å². The van der Waals surface area contributed by atoms with Crippen molar-refractivity contribution in [2.75, 3.05) is 14.2 Å². The maximum absolute atomic E-state index is 8.43. The summed E-state index contributed by atoms with van der Waals surface area (Å²) in [6.45, 7) is 0. The van der Waals surface area contributed by atoms with Crippen molar-refractivity contribution >= 4 is 6.02 Å². The van der Waals surface area contributed by atoms with Crippen LogP contribution in [0.2, 0.25) is 0 Å². The first-order valence-corrected chi connectivity index (χ1v) is 1.84. The molecular weight excluding hydrogens is 96.0 g/mol. The summed E-state index contributed by atoms with van der Waals surface area (Å²) in [5.74, 6) is 0. The molecule has 0 rings (SSSR count). The summed E-state index contributed by atoms with van der Waals surface area (Å²) >= 11 is 0. The summed E-state index contributed by atoms with van der Waals surface area (Å²) in [5, 5.41) is 8.43. The van der Waals surface area contributed by atoms with Crippen molar-refractivity contribution in [3.63, 3.8) is 0 Å². The predicted octanol–water partition coefficient (Wildman–Crippen LogP) is -2.24. The van der Waals surface area contributed by atoms with Crippen molar-refractivity contribution in [2.45, 2.75) is 0 Å². The molecule has 0 heterocycles.